The van der Waals surface area contributed by atoms with E-state index in [4.69, 9.17) is 5.26 Å². The molecule has 3 nitrogen and oxygen atoms in total. The Bertz CT molecular complexity index is 520. The van der Waals surface area contributed by atoms with Crippen LogP contribution < -0.4 is 0 Å². The highest BCUT2D eigenvalue weighted by Crippen LogP contribution is 2.09. The number of esters is 1. The summed E-state index contributed by atoms with van der Waals surface area (Å²) in [4.78, 5) is 10.9. The topological polar surface area (TPSA) is 50.1 Å². The molecule has 0 saturated heterocycles. The molecule has 0 unspecified atom stereocenters. The molecule has 1 aromatic rings. The van der Waals surface area contributed by atoms with E-state index < -0.39 is 11.8 Å². The lowest BCUT2D eigenvalue weighted by atomic mass is 10.1. The van der Waals surface area contributed by atoms with E-state index >= 15 is 0 Å². The van der Waals surface area contributed by atoms with Crippen LogP contribution in [0, 0.1) is 29.0 Å². The van der Waals surface area contributed by atoms with Gasteiger partial charge < -0.3 is 4.74 Å². The van der Waals surface area contributed by atoms with Crippen LogP contribution in [0.2, 0.25) is 0 Å². The average molecular weight is 231 g/mol. The highest BCUT2D eigenvalue weighted by molar-refractivity contribution is 5.89. The fourth-order valence-corrected chi connectivity index (χ4v) is 1.15. The summed E-state index contributed by atoms with van der Waals surface area (Å²) in [6.45, 7) is 1.90. The number of rotatable bonds is 2. The maximum atomic E-state index is 13.4. The van der Waals surface area contributed by atoms with Crippen molar-refractivity contribution in [3.05, 3.63) is 35.1 Å². The van der Waals surface area contributed by atoms with E-state index in [-0.39, 0.29) is 18.6 Å². The van der Waals surface area contributed by atoms with Crippen molar-refractivity contribution in [1.29, 1.82) is 5.26 Å². The first-order chi connectivity index (χ1) is 8.17. The van der Waals surface area contributed by atoms with Gasteiger partial charge in [0.25, 0.3) is 0 Å². The Morgan fingerprint density at radius 1 is 1.53 bits per heavy atom. The molecule has 1 aromatic carbocycles. The number of nitriles is 1. The van der Waals surface area contributed by atoms with Crippen LogP contribution in [0.1, 0.15) is 18.1 Å². The zero-order valence-electron chi connectivity index (χ0n) is 9.29. The van der Waals surface area contributed by atoms with Crippen LogP contribution >= 0.6 is 0 Å². The largest absolute Gasteiger partial charge is 0.456 e. The van der Waals surface area contributed by atoms with E-state index in [0.29, 0.717) is 5.56 Å². The predicted molar refractivity (Wildman–Crippen MR) is 59.2 cm³/mol. The molecule has 0 aliphatic heterocycles. The fraction of sp³-hybridized carbons (Fsp3) is 0.231. The van der Waals surface area contributed by atoms with Crippen molar-refractivity contribution in [2.24, 2.45) is 0 Å². The molecule has 0 heterocycles. The van der Waals surface area contributed by atoms with Crippen LogP contribution in [0.5, 0.6) is 0 Å². The van der Waals surface area contributed by atoms with Crippen molar-refractivity contribution in [3.8, 4) is 17.9 Å². The number of carbonyl (C=O) groups excluding carboxylic acids is 1. The molecule has 0 fully saturated rings. The van der Waals surface area contributed by atoms with Crippen molar-refractivity contribution in [1.82, 2.24) is 0 Å². The van der Waals surface area contributed by atoms with Crippen LogP contribution in [0.15, 0.2) is 18.2 Å². The van der Waals surface area contributed by atoms with Crippen molar-refractivity contribution in [3.63, 3.8) is 0 Å². The minimum Gasteiger partial charge on any atom is -0.456 e. The van der Waals surface area contributed by atoms with Gasteiger partial charge in [0.15, 0.2) is 0 Å². The smallest absolute Gasteiger partial charge is 0.384 e. The van der Waals surface area contributed by atoms with Gasteiger partial charge in [-0.2, -0.15) is 5.26 Å². The number of nitrogens with zero attached hydrogens (tertiary/aromatic N) is 1. The van der Waals surface area contributed by atoms with E-state index in [1.807, 2.05) is 6.07 Å². The summed E-state index contributed by atoms with van der Waals surface area (Å²) in [5, 5.41) is 8.45. The SMILES string of the molecule is CCOC(=O)C#Cc1ccc(CC#N)cc1F. The summed E-state index contributed by atoms with van der Waals surface area (Å²) < 4.78 is 18.0. The first kappa shape index (κ1) is 12.7. The second kappa shape index (κ2) is 6.30. The summed E-state index contributed by atoms with van der Waals surface area (Å²) in [7, 11) is 0. The van der Waals surface area contributed by atoms with Gasteiger partial charge in [-0.05, 0) is 24.6 Å². The lowest BCUT2D eigenvalue weighted by Gasteiger charge is -1.97. The van der Waals surface area contributed by atoms with Gasteiger partial charge in [-0.1, -0.05) is 12.0 Å². The molecule has 0 spiro atoms. The van der Waals surface area contributed by atoms with Crippen molar-refractivity contribution in [2.75, 3.05) is 6.61 Å². The molecular weight excluding hydrogens is 221 g/mol. The molecule has 1 rings (SSSR count). The Balaban J connectivity index is 2.86. The Morgan fingerprint density at radius 2 is 2.29 bits per heavy atom. The lowest BCUT2D eigenvalue weighted by Crippen LogP contribution is -1.99. The van der Waals surface area contributed by atoms with Gasteiger partial charge in [0, 0.05) is 5.92 Å². The summed E-state index contributed by atoms with van der Waals surface area (Å²) in [5.41, 5.74) is 0.687. The summed E-state index contributed by atoms with van der Waals surface area (Å²) in [6.07, 6.45) is 0.141. The summed E-state index contributed by atoms with van der Waals surface area (Å²) >= 11 is 0. The first-order valence-electron chi connectivity index (χ1n) is 5.01. The van der Waals surface area contributed by atoms with Crippen LogP contribution in [0.4, 0.5) is 4.39 Å². The number of ether oxygens (including phenoxy) is 1. The van der Waals surface area contributed by atoms with E-state index in [1.165, 1.54) is 12.1 Å². The molecule has 17 heavy (non-hydrogen) atoms. The van der Waals surface area contributed by atoms with Crippen LogP contribution in [0.3, 0.4) is 0 Å². The Morgan fingerprint density at radius 3 is 2.88 bits per heavy atom. The Kier molecular flexibility index (Phi) is 4.72. The van der Waals surface area contributed by atoms with Gasteiger partial charge in [-0.15, -0.1) is 0 Å². The molecular formula is C13H10FNO2. The molecule has 4 heteroatoms. The normalized spacial score (nSPS) is 8.76. The van der Waals surface area contributed by atoms with E-state index in [2.05, 4.69) is 16.6 Å². The van der Waals surface area contributed by atoms with Crippen LogP contribution in [-0.4, -0.2) is 12.6 Å². The third kappa shape index (κ3) is 3.96. The Hall–Kier alpha value is -2.33. The quantitative estimate of drug-likeness (QED) is 0.576. The third-order valence-corrected chi connectivity index (χ3v) is 1.89. The molecule has 86 valence electrons. The van der Waals surface area contributed by atoms with E-state index in [0.717, 1.165) is 0 Å². The monoisotopic (exact) mass is 231 g/mol. The van der Waals surface area contributed by atoms with E-state index in [1.54, 1.807) is 13.0 Å². The minimum absolute atomic E-state index is 0.111. The van der Waals surface area contributed by atoms with Gasteiger partial charge in [0.05, 0.1) is 24.7 Å². The number of halogens is 1. The first-order valence-corrected chi connectivity index (χ1v) is 5.01. The molecule has 0 atom stereocenters. The zero-order valence-corrected chi connectivity index (χ0v) is 9.29. The maximum absolute atomic E-state index is 13.4. The second-order valence-electron chi connectivity index (χ2n) is 3.12. The minimum atomic E-state index is -0.687. The average Bonchev–Trinajstić information content (AvgIpc) is 2.29. The molecule has 0 amide bonds. The zero-order chi connectivity index (χ0) is 12.7. The fourth-order valence-electron chi connectivity index (χ4n) is 1.15. The van der Waals surface area contributed by atoms with Gasteiger partial charge in [-0.25, -0.2) is 9.18 Å². The highest BCUT2D eigenvalue weighted by Gasteiger charge is 2.01. The number of hydrogen-bond donors (Lipinski definition) is 0. The predicted octanol–water partition coefficient (Wildman–Crippen LogP) is 1.81. The van der Waals surface area contributed by atoms with Crippen LogP contribution in [0.25, 0.3) is 0 Å². The molecule has 0 aliphatic carbocycles. The molecule has 0 aliphatic rings. The third-order valence-electron chi connectivity index (χ3n) is 1.89. The molecule has 0 bridgehead atoms. The second-order valence-corrected chi connectivity index (χ2v) is 3.12. The molecule has 0 radical (unpaired) electrons. The van der Waals surface area contributed by atoms with Gasteiger partial charge in [0.2, 0.25) is 0 Å². The summed E-state index contributed by atoms with van der Waals surface area (Å²) in [6, 6.07) is 6.19. The molecule has 0 aromatic heterocycles. The van der Waals surface area contributed by atoms with Crippen molar-refractivity contribution < 1.29 is 13.9 Å². The highest BCUT2D eigenvalue weighted by atomic mass is 19.1. The lowest BCUT2D eigenvalue weighted by molar-refractivity contribution is -0.136. The Labute approximate surface area is 98.8 Å². The van der Waals surface area contributed by atoms with Crippen LogP contribution in [-0.2, 0) is 16.0 Å². The van der Waals surface area contributed by atoms with Crippen molar-refractivity contribution in [2.45, 2.75) is 13.3 Å². The van der Waals surface area contributed by atoms with Gasteiger partial charge >= 0.3 is 5.97 Å². The standard InChI is InChI=1S/C13H10FNO2/c1-2-17-13(16)6-5-11-4-3-10(7-8-15)9-12(11)14/h3-4,9H,2,7H2,1H3. The molecule has 0 saturated carbocycles. The van der Waals surface area contributed by atoms with Crippen molar-refractivity contribution >= 4 is 5.97 Å². The molecule has 0 N–H and O–H groups in total. The maximum Gasteiger partial charge on any atom is 0.384 e. The van der Waals surface area contributed by atoms with Gasteiger partial charge in [0.1, 0.15) is 5.82 Å². The number of carbonyl (C=O) groups is 1. The summed E-state index contributed by atoms with van der Waals surface area (Å²) in [5.74, 6) is 3.33. The number of hydrogen-bond acceptors (Lipinski definition) is 3. The van der Waals surface area contributed by atoms with Gasteiger partial charge in [-0.3, -0.25) is 0 Å². The van der Waals surface area contributed by atoms with E-state index in [9.17, 15) is 9.18 Å². The number of benzene rings is 1.